The number of ether oxygens (including phenoxy) is 2. The minimum absolute atomic E-state index is 0.00428. The van der Waals surface area contributed by atoms with Gasteiger partial charge >= 0.3 is 0 Å². The zero-order valence-corrected chi connectivity index (χ0v) is 13.5. The lowest BCUT2D eigenvalue weighted by Crippen LogP contribution is -2.43. The van der Waals surface area contributed by atoms with Crippen LogP contribution in [-0.2, 0) is 9.53 Å². The first-order chi connectivity index (χ1) is 11.1. The minimum Gasteiger partial charge on any atom is -0.497 e. The fourth-order valence-electron chi connectivity index (χ4n) is 3.56. The van der Waals surface area contributed by atoms with Gasteiger partial charge in [-0.3, -0.25) is 9.59 Å². The first-order valence-electron chi connectivity index (χ1n) is 7.86. The van der Waals surface area contributed by atoms with Gasteiger partial charge in [-0.25, -0.2) is 0 Å². The average Bonchev–Trinajstić information content (AvgIpc) is 3.04. The van der Waals surface area contributed by atoms with Crippen molar-refractivity contribution in [1.82, 2.24) is 10.2 Å². The topological polar surface area (TPSA) is 67.9 Å². The number of amides is 2. The van der Waals surface area contributed by atoms with Gasteiger partial charge in [0.15, 0.2) is 0 Å². The molecule has 2 aliphatic rings. The summed E-state index contributed by atoms with van der Waals surface area (Å²) in [4.78, 5) is 26.6. The highest BCUT2D eigenvalue weighted by Crippen LogP contribution is 2.35. The third-order valence-electron chi connectivity index (χ3n) is 4.82. The summed E-state index contributed by atoms with van der Waals surface area (Å²) in [5, 5.41) is 2.70. The highest BCUT2D eigenvalue weighted by molar-refractivity contribution is 5.95. The molecule has 23 heavy (non-hydrogen) atoms. The summed E-state index contributed by atoms with van der Waals surface area (Å²) < 4.78 is 10.8. The second kappa shape index (κ2) is 6.58. The molecule has 2 aliphatic heterocycles. The highest BCUT2D eigenvalue weighted by Gasteiger charge is 2.45. The van der Waals surface area contributed by atoms with Crippen LogP contribution in [0, 0.1) is 17.8 Å². The Morgan fingerprint density at radius 3 is 2.87 bits per heavy atom. The molecule has 1 aromatic carbocycles. The molecule has 2 heterocycles. The summed E-state index contributed by atoms with van der Waals surface area (Å²) in [6, 6.07) is 7.16. The number of benzene rings is 1. The van der Waals surface area contributed by atoms with Gasteiger partial charge in [0.05, 0.1) is 26.2 Å². The van der Waals surface area contributed by atoms with Crippen molar-refractivity contribution in [1.29, 1.82) is 0 Å². The highest BCUT2D eigenvalue weighted by atomic mass is 16.5. The lowest BCUT2D eigenvalue weighted by atomic mass is 9.82. The molecule has 0 unspecified atom stereocenters. The molecule has 3 atom stereocenters. The molecule has 0 spiro atoms. The monoisotopic (exact) mass is 318 g/mol. The summed E-state index contributed by atoms with van der Waals surface area (Å²) in [5.41, 5.74) is 0.611. The lowest BCUT2D eigenvalue weighted by Gasteiger charge is -2.31. The van der Waals surface area contributed by atoms with Gasteiger partial charge in [-0.1, -0.05) is 6.07 Å². The molecular formula is C17H22N2O4. The van der Waals surface area contributed by atoms with Crippen LogP contribution < -0.4 is 10.1 Å². The SMILES string of the molecule is CNC(=O)[C@@H]1COC[C@H]2CN(C(=O)c3cccc(OC)c3)C[C@H]21. The van der Waals surface area contributed by atoms with E-state index < -0.39 is 0 Å². The van der Waals surface area contributed by atoms with E-state index in [0.29, 0.717) is 37.6 Å². The van der Waals surface area contributed by atoms with Crippen LogP contribution in [0.1, 0.15) is 10.4 Å². The predicted octanol–water partition coefficient (Wildman–Crippen LogP) is 0.776. The van der Waals surface area contributed by atoms with E-state index in [1.54, 1.807) is 26.3 Å². The van der Waals surface area contributed by atoms with Crippen LogP contribution in [0.2, 0.25) is 0 Å². The normalized spacial score (nSPS) is 26.5. The van der Waals surface area contributed by atoms with Gasteiger partial charge in [0.1, 0.15) is 5.75 Å². The molecule has 0 aliphatic carbocycles. The van der Waals surface area contributed by atoms with Crippen LogP contribution in [0.3, 0.4) is 0 Å². The Morgan fingerprint density at radius 2 is 2.13 bits per heavy atom. The van der Waals surface area contributed by atoms with Gasteiger partial charge in [-0.05, 0) is 24.1 Å². The first-order valence-corrected chi connectivity index (χ1v) is 7.86. The van der Waals surface area contributed by atoms with Crippen LogP contribution in [0.4, 0.5) is 0 Å². The van der Waals surface area contributed by atoms with Crippen molar-refractivity contribution in [2.75, 3.05) is 40.5 Å². The number of carbonyl (C=O) groups is 2. The fraction of sp³-hybridized carbons (Fsp3) is 0.529. The van der Waals surface area contributed by atoms with Crippen LogP contribution in [0.25, 0.3) is 0 Å². The van der Waals surface area contributed by atoms with Crippen molar-refractivity contribution < 1.29 is 19.1 Å². The summed E-state index contributed by atoms with van der Waals surface area (Å²) in [7, 11) is 3.22. The number of hydrogen-bond donors (Lipinski definition) is 1. The number of nitrogens with one attached hydrogen (secondary N) is 1. The molecule has 124 valence electrons. The Labute approximate surface area is 135 Å². The third-order valence-corrected chi connectivity index (χ3v) is 4.82. The Balaban J connectivity index is 1.75. The van der Waals surface area contributed by atoms with E-state index in [1.165, 1.54) is 0 Å². The summed E-state index contributed by atoms with van der Waals surface area (Å²) >= 11 is 0. The van der Waals surface area contributed by atoms with E-state index in [2.05, 4.69) is 5.32 Å². The molecule has 1 aromatic rings. The maximum Gasteiger partial charge on any atom is 0.254 e. The molecule has 0 saturated carbocycles. The number of carbonyl (C=O) groups excluding carboxylic acids is 2. The van der Waals surface area contributed by atoms with Crippen molar-refractivity contribution >= 4 is 11.8 Å². The number of methoxy groups -OCH3 is 1. The molecule has 2 fully saturated rings. The lowest BCUT2D eigenvalue weighted by molar-refractivity contribution is -0.133. The third kappa shape index (κ3) is 3.03. The van der Waals surface area contributed by atoms with Gasteiger partial charge in [0, 0.05) is 31.6 Å². The minimum atomic E-state index is -0.179. The van der Waals surface area contributed by atoms with E-state index in [9.17, 15) is 9.59 Å². The van der Waals surface area contributed by atoms with Gasteiger partial charge in [0.25, 0.3) is 5.91 Å². The fourth-order valence-corrected chi connectivity index (χ4v) is 3.56. The van der Waals surface area contributed by atoms with Gasteiger partial charge in [-0.15, -0.1) is 0 Å². The maximum absolute atomic E-state index is 12.7. The van der Waals surface area contributed by atoms with Crippen LogP contribution in [0.5, 0.6) is 5.75 Å². The quantitative estimate of drug-likeness (QED) is 0.894. The van der Waals surface area contributed by atoms with Gasteiger partial charge in [0.2, 0.25) is 5.91 Å². The van der Waals surface area contributed by atoms with E-state index in [0.717, 1.165) is 0 Å². The molecule has 0 aromatic heterocycles. The smallest absolute Gasteiger partial charge is 0.254 e. The molecule has 6 heteroatoms. The molecule has 0 bridgehead atoms. The standard InChI is InChI=1S/C17H22N2O4/c1-18-16(20)15-10-23-9-12-7-19(8-14(12)15)17(21)11-4-3-5-13(6-11)22-2/h3-6,12,14-15H,7-10H2,1-2H3,(H,18,20)/t12-,14-,15-/m1/s1. The zero-order valence-electron chi connectivity index (χ0n) is 13.5. The van der Waals surface area contributed by atoms with E-state index >= 15 is 0 Å². The predicted molar refractivity (Wildman–Crippen MR) is 84.3 cm³/mol. The maximum atomic E-state index is 12.7. The van der Waals surface area contributed by atoms with Crippen molar-refractivity contribution in [2.45, 2.75) is 0 Å². The summed E-state index contributed by atoms with van der Waals surface area (Å²) in [6.07, 6.45) is 0. The number of likely N-dealkylation sites (tertiary alicyclic amines) is 1. The van der Waals surface area contributed by atoms with Crippen molar-refractivity contribution in [3.63, 3.8) is 0 Å². The van der Waals surface area contributed by atoms with Crippen molar-refractivity contribution in [3.8, 4) is 5.75 Å². The van der Waals surface area contributed by atoms with Gasteiger partial charge in [-0.2, -0.15) is 0 Å². The largest absolute Gasteiger partial charge is 0.497 e. The number of nitrogens with zero attached hydrogens (tertiary/aromatic N) is 1. The van der Waals surface area contributed by atoms with Crippen molar-refractivity contribution in [2.24, 2.45) is 17.8 Å². The van der Waals surface area contributed by atoms with Gasteiger partial charge < -0.3 is 19.7 Å². The molecular weight excluding hydrogens is 296 g/mol. The number of hydrogen-bond acceptors (Lipinski definition) is 4. The van der Waals surface area contributed by atoms with Crippen LogP contribution in [0.15, 0.2) is 24.3 Å². The number of rotatable bonds is 3. The Hall–Kier alpha value is -2.08. The molecule has 1 N–H and O–H groups in total. The zero-order chi connectivity index (χ0) is 16.4. The molecule has 3 rings (SSSR count). The van der Waals surface area contributed by atoms with E-state index in [4.69, 9.17) is 9.47 Å². The second-order valence-corrected chi connectivity index (χ2v) is 6.12. The summed E-state index contributed by atoms with van der Waals surface area (Å²) in [6.45, 7) is 2.28. The molecule has 2 amide bonds. The Kier molecular flexibility index (Phi) is 4.52. The summed E-state index contributed by atoms with van der Waals surface area (Å²) in [5.74, 6) is 0.851. The Bertz CT molecular complexity index is 604. The molecule has 2 saturated heterocycles. The number of fused-ring (bicyclic) bond motifs is 1. The molecule has 6 nitrogen and oxygen atoms in total. The van der Waals surface area contributed by atoms with Crippen LogP contribution in [-0.4, -0.2) is 57.2 Å². The van der Waals surface area contributed by atoms with E-state index in [-0.39, 0.29) is 29.6 Å². The Morgan fingerprint density at radius 1 is 1.30 bits per heavy atom. The van der Waals surface area contributed by atoms with E-state index in [1.807, 2.05) is 17.0 Å². The van der Waals surface area contributed by atoms with Crippen LogP contribution >= 0.6 is 0 Å². The first kappa shape index (κ1) is 15.8. The molecule has 0 radical (unpaired) electrons. The van der Waals surface area contributed by atoms with Crippen molar-refractivity contribution in [3.05, 3.63) is 29.8 Å². The average molecular weight is 318 g/mol. The second-order valence-electron chi connectivity index (χ2n) is 6.12.